The number of nitrogens with zero attached hydrogens (tertiary/aromatic N) is 1. The zero-order chi connectivity index (χ0) is 16.1. The number of aromatic nitrogens is 2. The van der Waals surface area contributed by atoms with E-state index in [0.29, 0.717) is 12.1 Å². The van der Waals surface area contributed by atoms with Crippen molar-refractivity contribution in [3.63, 3.8) is 0 Å². The van der Waals surface area contributed by atoms with Gasteiger partial charge in [-0.25, -0.2) is 0 Å². The number of benzene rings is 1. The van der Waals surface area contributed by atoms with Gasteiger partial charge in [0.05, 0.1) is 24.1 Å². The number of carbonyl (C=O) groups excluding carboxylic acids is 1. The molecule has 122 valence electrons. The maximum Gasteiger partial charge on any atom is 0.255 e. The minimum absolute atomic E-state index is 0.0327. The van der Waals surface area contributed by atoms with E-state index >= 15 is 0 Å². The molecular formula is C17H22N4O2. The average Bonchev–Trinajstić information content (AvgIpc) is 3.10. The molecule has 1 aliphatic rings. The summed E-state index contributed by atoms with van der Waals surface area (Å²) in [5, 5.41) is 22.7. The highest BCUT2D eigenvalue weighted by Gasteiger charge is 2.23. The van der Waals surface area contributed by atoms with Crippen molar-refractivity contribution in [2.24, 2.45) is 0 Å². The van der Waals surface area contributed by atoms with Gasteiger partial charge in [0, 0.05) is 12.6 Å². The number of amides is 1. The summed E-state index contributed by atoms with van der Waals surface area (Å²) in [6, 6.07) is 7.70. The molecule has 0 spiro atoms. The fourth-order valence-electron chi connectivity index (χ4n) is 3.00. The number of aliphatic hydroxyl groups is 1. The van der Waals surface area contributed by atoms with Gasteiger partial charge in [-0.05, 0) is 30.5 Å². The molecule has 2 aromatic rings. The molecule has 0 radical (unpaired) electrons. The summed E-state index contributed by atoms with van der Waals surface area (Å²) in [4.78, 5) is 12.5. The molecule has 0 bridgehead atoms. The molecule has 1 saturated heterocycles. The number of hydrogen-bond acceptors (Lipinski definition) is 4. The summed E-state index contributed by atoms with van der Waals surface area (Å²) in [5.41, 5.74) is 3.20. The van der Waals surface area contributed by atoms with E-state index in [0.717, 1.165) is 36.2 Å². The van der Waals surface area contributed by atoms with Gasteiger partial charge in [-0.2, -0.15) is 5.10 Å². The van der Waals surface area contributed by atoms with Gasteiger partial charge >= 0.3 is 0 Å². The number of nitrogens with one attached hydrogen (secondary N) is 3. The van der Waals surface area contributed by atoms with Crippen LogP contribution in [0.3, 0.4) is 0 Å². The molecular weight excluding hydrogens is 292 g/mol. The number of aliphatic hydroxyl groups excluding tert-OH is 1. The maximum absolute atomic E-state index is 12.5. The van der Waals surface area contributed by atoms with Gasteiger partial charge in [-0.15, -0.1) is 0 Å². The SMILES string of the molecule is O=C(NCc1ccccc1CO)c1cn[nH]c1C1CCCCN1. The lowest BCUT2D eigenvalue weighted by atomic mass is 9.99. The molecule has 0 aliphatic carbocycles. The molecule has 1 aromatic heterocycles. The van der Waals surface area contributed by atoms with E-state index in [2.05, 4.69) is 20.8 Å². The van der Waals surface area contributed by atoms with Gasteiger partial charge in [0.25, 0.3) is 5.91 Å². The zero-order valence-corrected chi connectivity index (χ0v) is 13.0. The van der Waals surface area contributed by atoms with Crippen LogP contribution in [0.5, 0.6) is 0 Å². The van der Waals surface area contributed by atoms with Crippen LogP contribution in [0.2, 0.25) is 0 Å². The first-order valence-electron chi connectivity index (χ1n) is 8.02. The van der Waals surface area contributed by atoms with Crippen LogP contribution >= 0.6 is 0 Å². The molecule has 4 N–H and O–H groups in total. The van der Waals surface area contributed by atoms with Crippen molar-refractivity contribution in [3.05, 3.63) is 52.8 Å². The molecule has 23 heavy (non-hydrogen) atoms. The monoisotopic (exact) mass is 314 g/mol. The summed E-state index contributed by atoms with van der Waals surface area (Å²) in [6.45, 7) is 1.32. The lowest BCUT2D eigenvalue weighted by Gasteiger charge is -2.23. The van der Waals surface area contributed by atoms with E-state index in [1.165, 1.54) is 6.42 Å². The standard InChI is InChI=1S/C17H22N4O2/c22-11-13-6-2-1-5-12(13)9-19-17(23)14-10-20-21-16(14)15-7-3-4-8-18-15/h1-2,5-6,10,15,18,22H,3-4,7-9,11H2,(H,19,23)(H,20,21). The third-order valence-corrected chi connectivity index (χ3v) is 4.30. The highest BCUT2D eigenvalue weighted by molar-refractivity contribution is 5.95. The van der Waals surface area contributed by atoms with E-state index in [1.807, 2.05) is 24.3 Å². The molecule has 6 nitrogen and oxygen atoms in total. The number of aromatic amines is 1. The van der Waals surface area contributed by atoms with Crippen LogP contribution in [-0.4, -0.2) is 27.8 Å². The molecule has 1 fully saturated rings. The summed E-state index contributed by atoms with van der Waals surface area (Å²) in [6.07, 6.45) is 4.92. The Bertz CT molecular complexity index is 662. The normalized spacial score (nSPS) is 17.9. The molecule has 0 saturated carbocycles. The lowest BCUT2D eigenvalue weighted by molar-refractivity contribution is 0.0948. The molecule has 2 heterocycles. The Morgan fingerprint density at radius 1 is 1.30 bits per heavy atom. The van der Waals surface area contributed by atoms with Crippen molar-refractivity contribution in [1.82, 2.24) is 20.8 Å². The predicted octanol–water partition coefficient (Wildman–Crippen LogP) is 1.65. The number of H-pyrrole nitrogens is 1. The van der Waals surface area contributed by atoms with Crippen molar-refractivity contribution in [1.29, 1.82) is 0 Å². The molecule has 1 aromatic carbocycles. The largest absolute Gasteiger partial charge is 0.392 e. The highest BCUT2D eigenvalue weighted by atomic mass is 16.3. The fourth-order valence-corrected chi connectivity index (χ4v) is 3.00. The van der Waals surface area contributed by atoms with Crippen LogP contribution in [0.1, 0.15) is 52.5 Å². The summed E-state index contributed by atoms with van der Waals surface area (Å²) in [5.74, 6) is -0.145. The minimum Gasteiger partial charge on any atom is -0.392 e. The number of hydrogen-bond donors (Lipinski definition) is 4. The Kier molecular flexibility index (Phi) is 5.05. The molecule has 1 aliphatic heterocycles. The van der Waals surface area contributed by atoms with E-state index in [-0.39, 0.29) is 18.6 Å². The Morgan fingerprint density at radius 3 is 2.87 bits per heavy atom. The first-order valence-corrected chi connectivity index (χ1v) is 8.02. The van der Waals surface area contributed by atoms with Crippen molar-refractivity contribution >= 4 is 5.91 Å². The van der Waals surface area contributed by atoms with Crippen molar-refractivity contribution < 1.29 is 9.90 Å². The number of carbonyl (C=O) groups is 1. The Morgan fingerprint density at radius 2 is 2.13 bits per heavy atom. The molecule has 3 rings (SSSR count). The first-order chi connectivity index (χ1) is 11.3. The number of piperidine rings is 1. The van der Waals surface area contributed by atoms with Gasteiger partial charge < -0.3 is 15.7 Å². The smallest absolute Gasteiger partial charge is 0.255 e. The minimum atomic E-state index is -0.145. The number of rotatable bonds is 5. The van der Waals surface area contributed by atoms with E-state index in [1.54, 1.807) is 6.20 Å². The molecule has 1 amide bonds. The summed E-state index contributed by atoms with van der Waals surface area (Å²) < 4.78 is 0. The van der Waals surface area contributed by atoms with Gasteiger partial charge in [0.15, 0.2) is 0 Å². The Labute approximate surface area is 135 Å². The lowest BCUT2D eigenvalue weighted by Crippen LogP contribution is -2.30. The van der Waals surface area contributed by atoms with Gasteiger partial charge in [-0.1, -0.05) is 30.7 Å². The Balaban J connectivity index is 1.68. The quantitative estimate of drug-likeness (QED) is 0.675. The van der Waals surface area contributed by atoms with E-state index in [9.17, 15) is 9.90 Å². The molecule has 1 unspecified atom stereocenters. The fraction of sp³-hybridized carbons (Fsp3) is 0.412. The van der Waals surface area contributed by atoms with Gasteiger partial charge in [-0.3, -0.25) is 9.89 Å². The van der Waals surface area contributed by atoms with Crippen molar-refractivity contribution in [3.8, 4) is 0 Å². The maximum atomic E-state index is 12.5. The van der Waals surface area contributed by atoms with Crippen LogP contribution in [0.4, 0.5) is 0 Å². The second-order valence-corrected chi connectivity index (χ2v) is 5.81. The van der Waals surface area contributed by atoms with Crippen molar-refractivity contribution in [2.45, 2.75) is 38.5 Å². The van der Waals surface area contributed by atoms with Crippen LogP contribution in [0.15, 0.2) is 30.5 Å². The summed E-state index contributed by atoms with van der Waals surface area (Å²) >= 11 is 0. The van der Waals surface area contributed by atoms with E-state index in [4.69, 9.17) is 0 Å². The molecule has 1 atom stereocenters. The topological polar surface area (TPSA) is 90.0 Å². The second kappa shape index (κ2) is 7.39. The van der Waals surface area contributed by atoms with Gasteiger partial charge in [0.1, 0.15) is 0 Å². The molecule has 6 heteroatoms. The zero-order valence-electron chi connectivity index (χ0n) is 13.0. The van der Waals surface area contributed by atoms with E-state index < -0.39 is 0 Å². The van der Waals surface area contributed by atoms with Crippen LogP contribution < -0.4 is 10.6 Å². The third-order valence-electron chi connectivity index (χ3n) is 4.30. The van der Waals surface area contributed by atoms with Crippen LogP contribution in [-0.2, 0) is 13.2 Å². The Hall–Kier alpha value is -2.18. The van der Waals surface area contributed by atoms with Crippen LogP contribution in [0, 0.1) is 0 Å². The van der Waals surface area contributed by atoms with Gasteiger partial charge in [0.2, 0.25) is 0 Å². The highest BCUT2D eigenvalue weighted by Crippen LogP contribution is 2.24. The average molecular weight is 314 g/mol. The van der Waals surface area contributed by atoms with Crippen molar-refractivity contribution in [2.75, 3.05) is 6.54 Å². The summed E-state index contributed by atoms with van der Waals surface area (Å²) in [7, 11) is 0. The van der Waals surface area contributed by atoms with Crippen LogP contribution in [0.25, 0.3) is 0 Å². The second-order valence-electron chi connectivity index (χ2n) is 5.81. The first kappa shape index (κ1) is 15.7. The predicted molar refractivity (Wildman–Crippen MR) is 86.7 cm³/mol. The third kappa shape index (κ3) is 3.60.